The van der Waals surface area contributed by atoms with Crippen molar-refractivity contribution in [3.63, 3.8) is 0 Å². The molecule has 0 fully saturated rings. The van der Waals surface area contributed by atoms with Gasteiger partial charge in [-0.3, -0.25) is 4.79 Å². The van der Waals surface area contributed by atoms with Crippen LogP contribution in [0.25, 0.3) is 6.08 Å². The van der Waals surface area contributed by atoms with E-state index in [2.05, 4.69) is 0 Å². The summed E-state index contributed by atoms with van der Waals surface area (Å²) in [6.07, 6.45) is 2.98. The van der Waals surface area contributed by atoms with Crippen LogP contribution in [0.5, 0.6) is 28.7 Å². The third-order valence-corrected chi connectivity index (χ3v) is 4.83. The SMILES string of the molecule is COc1ccc(C(=O)Oc2ccccc2C(=O)C=Cc2ccc(OC)c(OC)c2OC)cc1. The Morgan fingerprint density at radius 2 is 1.39 bits per heavy atom. The fourth-order valence-corrected chi connectivity index (χ4v) is 3.16. The molecule has 0 unspecified atom stereocenters. The first kappa shape index (κ1) is 23.4. The zero-order valence-corrected chi connectivity index (χ0v) is 18.8. The van der Waals surface area contributed by atoms with Crippen LogP contribution >= 0.6 is 0 Å². The van der Waals surface area contributed by atoms with Gasteiger partial charge in [0.25, 0.3) is 0 Å². The molecule has 0 aromatic heterocycles. The lowest BCUT2D eigenvalue weighted by atomic mass is 10.1. The average molecular weight is 448 g/mol. The highest BCUT2D eigenvalue weighted by Crippen LogP contribution is 2.40. The molecule has 0 amide bonds. The van der Waals surface area contributed by atoms with Gasteiger partial charge in [-0.05, 0) is 60.7 Å². The van der Waals surface area contributed by atoms with Crippen LogP contribution in [0.4, 0.5) is 0 Å². The molecule has 0 heterocycles. The molecule has 170 valence electrons. The molecule has 0 N–H and O–H groups in total. The molecule has 3 aromatic rings. The molecular formula is C26H24O7. The van der Waals surface area contributed by atoms with Crippen molar-refractivity contribution in [3.05, 3.63) is 83.4 Å². The van der Waals surface area contributed by atoms with Gasteiger partial charge in [-0.2, -0.15) is 0 Å². The molecule has 3 aromatic carbocycles. The van der Waals surface area contributed by atoms with Crippen molar-refractivity contribution in [2.45, 2.75) is 0 Å². The molecule has 0 saturated carbocycles. The van der Waals surface area contributed by atoms with Gasteiger partial charge in [-0.15, -0.1) is 0 Å². The van der Waals surface area contributed by atoms with E-state index in [1.54, 1.807) is 73.8 Å². The molecule has 0 radical (unpaired) electrons. The van der Waals surface area contributed by atoms with Crippen molar-refractivity contribution >= 4 is 17.8 Å². The molecule has 7 heteroatoms. The first-order chi connectivity index (χ1) is 16.0. The predicted molar refractivity (Wildman–Crippen MR) is 124 cm³/mol. The summed E-state index contributed by atoms with van der Waals surface area (Å²) >= 11 is 0. The maximum atomic E-state index is 12.9. The van der Waals surface area contributed by atoms with E-state index in [9.17, 15) is 9.59 Å². The van der Waals surface area contributed by atoms with Gasteiger partial charge in [0.2, 0.25) is 5.75 Å². The Morgan fingerprint density at radius 3 is 2.03 bits per heavy atom. The minimum Gasteiger partial charge on any atom is -0.497 e. The maximum Gasteiger partial charge on any atom is 0.343 e. The first-order valence-electron chi connectivity index (χ1n) is 9.99. The van der Waals surface area contributed by atoms with Crippen molar-refractivity contribution in [1.29, 1.82) is 0 Å². The Balaban J connectivity index is 1.84. The van der Waals surface area contributed by atoms with Crippen molar-refractivity contribution in [2.24, 2.45) is 0 Å². The number of esters is 1. The lowest BCUT2D eigenvalue weighted by Gasteiger charge is -2.14. The molecule has 0 saturated heterocycles. The number of ether oxygens (including phenoxy) is 5. The van der Waals surface area contributed by atoms with Gasteiger partial charge in [0.1, 0.15) is 11.5 Å². The van der Waals surface area contributed by atoms with Crippen LogP contribution < -0.4 is 23.7 Å². The van der Waals surface area contributed by atoms with Crippen molar-refractivity contribution in [3.8, 4) is 28.7 Å². The Kier molecular flexibility index (Phi) is 7.70. The van der Waals surface area contributed by atoms with Crippen molar-refractivity contribution < 1.29 is 33.3 Å². The topological polar surface area (TPSA) is 80.3 Å². The van der Waals surface area contributed by atoms with Gasteiger partial charge in [0, 0.05) is 5.56 Å². The molecular weight excluding hydrogens is 424 g/mol. The van der Waals surface area contributed by atoms with Crippen LogP contribution in [0.3, 0.4) is 0 Å². The third-order valence-electron chi connectivity index (χ3n) is 4.83. The second kappa shape index (κ2) is 10.9. The normalized spacial score (nSPS) is 10.5. The summed E-state index contributed by atoms with van der Waals surface area (Å²) < 4.78 is 26.7. The predicted octanol–water partition coefficient (Wildman–Crippen LogP) is 4.84. The number of rotatable bonds is 9. The van der Waals surface area contributed by atoms with Crippen LogP contribution in [0.15, 0.2) is 66.7 Å². The Labute approximate surface area is 192 Å². The van der Waals surface area contributed by atoms with E-state index >= 15 is 0 Å². The van der Waals surface area contributed by atoms with Crippen LogP contribution in [0, 0.1) is 0 Å². The largest absolute Gasteiger partial charge is 0.497 e. The number of ketones is 1. The highest BCUT2D eigenvalue weighted by molar-refractivity contribution is 6.09. The molecule has 0 bridgehead atoms. The van der Waals surface area contributed by atoms with Gasteiger partial charge >= 0.3 is 5.97 Å². The lowest BCUT2D eigenvalue weighted by Crippen LogP contribution is -2.11. The zero-order valence-electron chi connectivity index (χ0n) is 18.8. The second-order valence-corrected chi connectivity index (χ2v) is 6.74. The van der Waals surface area contributed by atoms with E-state index in [-0.39, 0.29) is 17.1 Å². The summed E-state index contributed by atoms with van der Waals surface area (Å²) in [5, 5.41) is 0. The number of benzene rings is 3. The molecule has 0 atom stereocenters. The fourth-order valence-electron chi connectivity index (χ4n) is 3.16. The van der Waals surface area contributed by atoms with Crippen LogP contribution in [0.1, 0.15) is 26.3 Å². The molecule has 3 rings (SSSR count). The summed E-state index contributed by atoms with van der Waals surface area (Å²) in [6.45, 7) is 0. The van der Waals surface area contributed by atoms with Gasteiger partial charge in [0.15, 0.2) is 17.3 Å². The van der Waals surface area contributed by atoms with Gasteiger partial charge in [0.05, 0.1) is 39.6 Å². The second-order valence-electron chi connectivity index (χ2n) is 6.74. The standard InChI is InChI=1S/C26H24O7/c1-29-19-13-9-18(10-14-19)26(28)33-22-8-6-5-7-20(22)21(27)15-11-17-12-16-23(30-2)25(32-4)24(17)31-3/h5-16H,1-4H3. The first-order valence-corrected chi connectivity index (χ1v) is 9.99. The highest BCUT2D eigenvalue weighted by Gasteiger charge is 2.17. The van der Waals surface area contributed by atoms with Crippen molar-refractivity contribution in [2.75, 3.05) is 28.4 Å². The minimum absolute atomic E-state index is 0.159. The summed E-state index contributed by atoms with van der Waals surface area (Å²) in [5.41, 5.74) is 1.20. The highest BCUT2D eigenvalue weighted by atomic mass is 16.5. The van der Waals surface area contributed by atoms with Gasteiger partial charge < -0.3 is 23.7 Å². The van der Waals surface area contributed by atoms with Crippen molar-refractivity contribution in [1.82, 2.24) is 0 Å². The molecule has 0 spiro atoms. The van der Waals surface area contributed by atoms with E-state index in [4.69, 9.17) is 23.7 Å². The Bertz CT molecular complexity index is 1160. The van der Waals surface area contributed by atoms with E-state index < -0.39 is 5.97 Å². The van der Waals surface area contributed by atoms with E-state index in [1.165, 1.54) is 27.4 Å². The van der Waals surface area contributed by atoms with Gasteiger partial charge in [-0.1, -0.05) is 12.1 Å². The van der Waals surface area contributed by atoms with Crippen LogP contribution in [-0.2, 0) is 0 Å². The molecule has 7 nitrogen and oxygen atoms in total. The Morgan fingerprint density at radius 1 is 0.697 bits per heavy atom. The number of allylic oxidation sites excluding steroid dienone is 1. The summed E-state index contributed by atoms with van der Waals surface area (Å²) in [4.78, 5) is 25.5. The quantitative estimate of drug-likeness (QED) is 0.201. The van der Waals surface area contributed by atoms with Crippen LogP contribution in [0.2, 0.25) is 0 Å². The average Bonchev–Trinajstić information content (AvgIpc) is 2.86. The number of carbonyl (C=O) groups is 2. The smallest absolute Gasteiger partial charge is 0.343 e. The molecule has 0 aliphatic carbocycles. The molecule has 0 aliphatic heterocycles. The summed E-state index contributed by atoms with van der Waals surface area (Å²) in [5.74, 6) is 1.22. The number of methoxy groups -OCH3 is 4. The van der Waals surface area contributed by atoms with E-state index in [0.717, 1.165) is 0 Å². The number of hydrogen-bond donors (Lipinski definition) is 0. The summed E-state index contributed by atoms with van der Waals surface area (Å²) in [6, 6.07) is 16.5. The monoisotopic (exact) mass is 448 g/mol. The van der Waals surface area contributed by atoms with E-state index in [0.29, 0.717) is 34.1 Å². The Hall–Kier alpha value is -4.26. The third kappa shape index (κ3) is 5.33. The number of hydrogen-bond acceptors (Lipinski definition) is 7. The van der Waals surface area contributed by atoms with Gasteiger partial charge in [-0.25, -0.2) is 4.79 Å². The zero-order chi connectivity index (χ0) is 23.8. The fraction of sp³-hybridized carbons (Fsp3) is 0.154. The molecule has 33 heavy (non-hydrogen) atoms. The maximum absolute atomic E-state index is 12.9. The van der Waals surface area contributed by atoms with E-state index in [1.807, 2.05) is 0 Å². The number of para-hydroxylation sites is 1. The number of carbonyl (C=O) groups excluding carboxylic acids is 2. The lowest BCUT2D eigenvalue weighted by molar-refractivity contribution is 0.0733. The minimum atomic E-state index is -0.580. The van der Waals surface area contributed by atoms with Crippen LogP contribution in [-0.4, -0.2) is 40.2 Å². The summed E-state index contributed by atoms with van der Waals surface area (Å²) in [7, 11) is 6.08. The molecule has 0 aliphatic rings.